The highest BCUT2D eigenvalue weighted by molar-refractivity contribution is 8.00. The minimum Gasteiger partial charge on any atom is -0.349 e. The maximum absolute atomic E-state index is 12.7. The van der Waals surface area contributed by atoms with E-state index in [1.54, 1.807) is 32.0 Å². The van der Waals surface area contributed by atoms with E-state index in [0.29, 0.717) is 21.8 Å². The Bertz CT molecular complexity index is 849. The molecule has 0 spiro atoms. The van der Waals surface area contributed by atoms with Gasteiger partial charge in [-0.05, 0) is 37.6 Å². The van der Waals surface area contributed by atoms with Crippen molar-refractivity contribution in [3.63, 3.8) is 0 Å². The summed E-state index contributed by atoms with van der Waals surface area (Å²) in [5.74, 6) is -0.337. The molecule has 10 heteroatoms. The zero-order chi connectivity index (χ0) is 20.4. The summed E-state index contributed by atoms with van der Waals surface area (Å²) >= 11 is 18.8. The van der Waals surface area contributed by atoms with Gasteiger partial charge in [0, 0.05) is 16.2 Å². The standard InChI is InChI=1S/C17H14Cl3F3N2OS/c1-8(12-4-3-11(18)6-13(12)19)25-15(26)9(2)27-16-14(20)5-10(7-24-16)17(21,22)23/h3-9H,1-2H3,(H,25,26)/t8-,9-/m0/s1. The average Bonchev–Trinajstić information content (AvgIpc) is 2.55. The SMILES string of the molecule is C[C@H](Sc1ncc(C(F)(F)F)cc1Cl)C(=O)N[C@@H](C)c1ccc(Cl)cc1Cl. The summed E-state index contributed by atoms with van der Waals surface area (Å²) in [6, 6.07) is 5.35. The van der Waals surface area contributed by atoms with Crippen LogP contribution in [-0.4, -0.2) is 16.1 Å². The molecule has 27 heavy (non-hydrogen) atoms. The lowest BCUT2D eigenvalue weighted by molar-refractivity contribution is -0.137. The zero-order valence-electron chi connectivity index (χ0n) is 14.1. The monoisotopic (exact) mass is 456 g/mol. The van der Waals surface area contributed by atoms with E-state index in [9.17, 15) is 18.0 Å². The lowest BCUT2D eigenvalue weighted by Crippen LogP contribution is -2.33. The van der Waals surface area contributed by atoms with Crippen LogP contribution < -0.4 is 5.32 Å². The van der Waals surface area contributed by atoms with Gasteiger partial charge < -0.3 is 5.32 Å². The van der Waals surface area contributed by atoms with Gasteiger partial charge in [-0.25, -0.2) is 4.98 Å². The van der Waals surface area contributed by atoms with Crippen LogP contribution in [0.4, 0.5) is 13.2 Å². The van der Waals surface area contributed by atoms with Crippen molar-refractivity contribution < 1.29 is 18.0 Å². The summed E-state index contributed by atoms with van der Waals surface area (Å²) in [4.78, 5) is 16.1. The second-order valence-corrected chi connectivity index (χ2v) is 8.25. The van der Waals surface area contributed by atoms with Crippen LogP contribution in [-0.2, 0) is 11.0 Å². The van der Waals surface area contributed by atoms with Crippen LogP contribution in [0, 0.1) is 0 Å². The van der Waals surface area contributed by atoms with Crippen LogP contribution in [0.2, 0.25) is 15.1 Å². The molecule has 0 radical (unpaired) electrons. The predicted octanol–water partition coefficient (Wildman–Crippen LogP) is 6.42. The van der Waals surface area contributed by atoms with Crippen molar-refractivity contribution in [1.29, 1.82) is 0 Å². The summed E-state index contributed by atoms with van der Waals surface area (Å²) in [5, 5.41) is 3.03. The Morgan fingerprint density at radius 1 is 1.15 bits per heavy atom. The van der Waals surface area contributed by atoms with Crippen LogP contribution in [0.15, 0.2) is 35.5 Å². The molecule has 1 aromatic carbocycles. The van der Waals surface area contributed by atoms with E-state index in [4.69, 9.17) is 34.8 Å². The minimum absolute atomic E-state index is 0.143. The molecule has 2 atom stereocenters. The van der Waals surface area contributed by atoms with Crippen molar-refractivity contribution in [3.05, 3.63) is 56.7 Å². The normalized spacial score (nSPS) is 13.9. The van der Waals surface area contributed by atoms with Crippen LogP contribution in [0.5, 0.6) is 0 Å². The third-order valence-electron chi connectivity index (χ3n) is 3.58. The van der Waals surface area contributed by atoms with Crippen molar-refractivity contribution in [2.45, 2.75) is 36.3 Å². The summed E-state index contributed by atoms with van der Waals surface area (Å²) in [6.07, 6.45) is -3.84. The van der Waals surface area contributed by atoms with Gasteiger partial charge in [-0.1, -0.05) is 52.6 Å². The van der Waals surface area contributed by atoms with Crippen molar-refractivity contribution in [2.24, 2.45) is 0 Å². The molecule has 0 fully saturated rings. The summed E-state index contributed by atoms with van der Waals surface area (Å²) in [7, 11) is 0. The first kappa shape index (κ1) is 22.1. The maximum Gasteiger partial charge on any atom is 0.417 e. The summed E-state index contributed by atoms with van der Waals surface area (Å²) in [6.45, 7) is 3.36. The molecule has 0 saturated heterocycles. The zero-order valence-corrected chi connectivity index (χ0v) is 17.2. The largest absolute Gasteiger partial charge is 0.417 e. The molecule has 0 aliphatic carbocycles. The van der Waals surface area contributed by atoms with E-state index in [-0.39, 0.29) is 22.0 Å². The number of carbonyl (C=O) groups is 1. The van der Waals surface area contributed by atoms with Crippen molar-refractivity contribution >= 4 is 52.5 Å². The van der Waals surface area contributed by atoms with Crippen LogP contribution >= 0.6 is 46.6 Å². The third-order valence-corrected chi connectivity index (χ3v) is 5.66. The lowest BCUT2D eigenvalue weighted by atomic mass is 10.1. The fourth-order valence-electron chi connectivity index (χ4n) is 2.15. The Morgan fingerprint density at radius 2 is 1.81 bits per heavy atom. The topological polar surface area (TPSA) is 42.0 Å². The molecule has 0 aliphatic heterocycles. The number of alkyl halides is 3. The molecule has 0 bridgehead atoms. The van der Waals surface area contributed by atoms with Crippen molar-refractivity contribution in [3.8, 4) is 0 Å². The van der Waals surface area contributed by atoms with Gasteiger partial charge in [0.05, 0.1) is 21.9 Å². The first-order valence-electron chi connectivity index (χ1n) is 7.63. The van der Waals surface area contributed by atoms with Gasteiger partial charge in [-0.3, -0.25) is 4.79 Å². The van der Waals surface area contributed by atoms with E-state index in [1.165, 1.54) is 0 Å². The van der Waals surface area contributed by atoms with Crippen molar-refractivity contribution in [2.75, 3.05) is 0 Å². The Kier molecular flexibility index (Phi) is 7.30. The Morgan fingerprint density at radius 3 is 2.37 bits per heavy atom. The first-order chi connectivity index (χ1) is 12.5. The van der Waals surface area contributed by atoms with E-state index in [1.807, 2.05) is 0 Å². The van der Waals surface area contributed by atoms with Crippen LogP contribution in [0.1, 0.15) is 31.0 Å². The molecular formula is C17H14Cl3F3N2OS. The highest BCUT2D eigenvalue weighted by atomic mass is 35.5. The molecule has 1 amide bonds. The number of nitrogens with one attached hydrogen (secondary N) is 1. The van der Waals surface area contributed by atoms with Crippen LogP contribution in [0.3, 0.4) is 0 Å². The number of hydrogen-bond acceptors (Lipinski definition) is 3. The fourth-order valence-corrected chi connectivity index (χ4v) is 3.82. The Hall–Kier alpha value is -1.15. The first-order valence-corrected chi connectivity index (χ1v) is 9.65. The second-order valence-electron chi connectivity index (χ2n) is 5.66. The van der Waals surface area contributed by atoms with Crippen molar-refractivity contribution in [1.82, 2.24) is 10.3 Å². The van der Waals surface area contributed by atoms with Gasteiger partial charge in [-0.15, -0.1) is 0 Å². The number of rotatable bonds is 5. The Balaban J connectivity index is 2.05. The van der Waals surface area contributed by atoms with Gasteiger partial charge in [0.25, 0.3) is 0 Å². The number of benzene rings is 1. The van der Waals surface area contributed by atoms with E-state index >= 15 is 0 Å². The van der Waals surface area contributed by atoms with Gasteiger partial charge >= 0.3 is 6.18 Å². The molecule has 1 aromatic heterocycles. The number of aromatic nitrogens is 1. The minimum atomic E-state index is -4.53. The van der Waals surface area contributed by atoms with E-state index < -0.39 is 17.0 Å². The number of halogens is 6. The molecule has 1 N–H and O–H groups in total. The van der Waals surface area contributed by atoms with Gasteiger partial charge in [0.1, 0.15) is 5.03 Å². The predicted molar refractivity (Wildman–Crippen MR) is 103 cm³/mol. The van der Waals surface area contributed by atoms with Crippen LogP contribution in [0.25, 0.3) is 0 Å². The number of carbonyl (C=O) groups excluding carboxylic acids is 1. The quantitative estimate of drug-likeness (QED) is 0.527. The molecule has 0 saturated carbocycles. The molecular weight excluding hydrogens is 444 g/mol. The van der Waals surface area contributed by atoms with Gasteiger partial charge in [-0.2, -0.15) is 13.2 Å². The number of thioether (sulfide) groups is 1. The summed E-state index contributed by atoms with van der Waals surface area (Å²) < 4.78 is 38.0. The lowest BCUT2D eigenvalue weighted by Gasteiger charge is -2.19. The molecule has 2 aromatic rings. The fraction of sp³-hybridized carbons (Fsp3) is 0.294. The third kappa shape index (κ3) is 5.91. The molecule has 2 rings (SSSR count). The number of amides is 1. The highest BCUT2D eigenvalue weighted by Gasteiger charge is 2.32. The van der Waals surface area contributed by atoms with Gasteiger partial charge in [0.15, 0.2) is 0 Å². The Labute approximate surface area is 173 Å². The molecule has 1 heterocycles. The molecule has 3 nitrogen and oxygen atoms in total. The smallest absolute Gasteiger partial charge is 0.349 e. The molecule has 0 aliphatic rings. The number of pyridine rings is 1. The summed E-state index contributed by atoms with van der Waals surface area (Å²) in [5.41, 5.74) is -0.253. The maximum atomic E-state index is 12.7. The number of nitrogens with zero attached hydrogens (tertiary/aromatic N) is 1. The number of hydrogen-bond donors (Lipinski definition) is 1. The molecule has 146 valence electrons. The van der Waals surface area contributed by atoms with E-state index in [0.717, 1.165) is 17.8 Å². The average molecular weight is 458 g/mol. The highest BCUT2D eigenvalue weighted by Crippen LogP contribution is 2.35. The van der Waals surface area contributed by atoms with E-state index in [2.05, 4.69) is 10.3 Å². The molecule has 0 unspecified atom stereocenters. The van der Waals surface area contributed by atoms with Gasteiger partial charge in [0.2, 0.25) is 5.91 Å². The second kappa shape index (κ2) is 8.90.